The first kappa shape index (κ1) is 20.2. The van der Waals surface area contributed by atoms with Crippen LogP contribution in [0.2, 0.25) is 10.6 Å². The van der Waals surface area contributed by atoms with E-state index in [9.17, 15) is 0 Å². The summed E-state index contributed by atoms with van der Waals surface area (Å²) in [5, 5.41) is 2.24. The molecule has 0 aliphatic heterocycles. The molecule has 0 saturated carbocycles. The van der Waals surface area contributed by atoms with E-state index in [0.717, 1.165) is 41.9 Å². The molecule has 0 fully saturated rings. The van der Waals surface area contributed by atoms with Crippen LogP contribution in [0.1, 0.15) is 11.1 Å². The maximum atomic E-state index is 5.73. The molecular formula is C18H13Br2Cl2N5. The average Bonchev–Trinajstić information content (AvgIpc) is 2.63. The van der Waals surface area contributed by atoms with Gasteiger partial charge in [0.25, 0.3) is 0 Å². The normalized spacial score (nSPS) is 10.7. The Kier molecular flexibility index (Phi) is 6.15. The van der Waals surface area contributed by atoms with Crippen LogP contribution in [0, 0.1) is 13.8 Å². The fourth-order valence-corrected chi connectivity index (χ4v) is 3.59. The summed E-state index contributed by atoms with van der Waals surface area (Å²) < 4.78 is 1.89. The summed E-state index contributed by atoms with van der Waals surface area (Å²) in [7, 11) is 0. The summed E-state index contributed by atoms with van der Waals surface area (Å²) in [5.41, 5.74) is 9.56. The van der Waals surface area contributed by atoms with Gasteiger partial charge in [0.2, 0.25) is 10.6 Å². The molecule has 0 saturated heterocycles. The summed E-state index contributed by atoms with van der Waals surface area (Å²) in [6, 6.07) is 7.84. The minimum absolute atomic E-state index is 0.168. The van der Waals surface area contributed by atoms with E-state index in [0.29, 0.717) is 5.82 Å². The Morgan fingerprint density at radius 1 is 0.815 bits per heavy atom. The van der Waals surface area contributed by atoms with Gasteiger partial charge in [-0.25, -0.2) is 19.9 Å². The molecule has 27 heavy (non-hydrogen) atoms. The van der Waals surface area contributed by atoms with Gasteiger partial charge in [0.05, 0.1) is 11.0 Å². The Morgan fingerprint density at radius 2 is 1.41 bits per heavy atom. The molecule has 138 valence electrons. The minimum Gasteiger partial charge on any atom is -0.383 e. The van der Waals surface area contributed by atoms with Crippen LogP contribution in [0.4, 0.5) is 5.82 Å². The molecule has 0 unspecified atom stereocenters. The first-order valence-electron chi connectivity index (χ1n) is 7.73. The molecular weight excluding hydrogens is 517 g/mol. The van der Waals surface area contributed by atoms with E-state index in [1.807, 2.05) is 38.1 Å². The van der Waals surface area contributed by atoms with Crippen molar-refractivity contribution in [3.8, 4) is 0 Å². The number of nitrogens with zero attached hydrogens (tertiary/aromatic N) is 4. The van der Waals surface area contributed by atoms with Gasteiger partial charge in [0, 0.05) is 25.9 Å². The van der Waals surface area contributed by atoms with Crippen LogP contribution in [0.3, 0.4) is 0 Å². The molecule has 0 atom stereocenters. The van der Waals surface area contributed by atoms with Crippen LogP contribution >= 0.6 is 55.1 Å². The van der Waals surface area contributed by atoms with E-state index in [-0.39, 0.29) is 10.6 Å². The van der Waals surface area contributed by atoms with Crippen LogP contribution in [0.5, 0.6) is 0 Å². The number of aromatic nitrogens is 4. The van der Waals surface area contributed by atoms with Crippen LogP contribution in [-0.2, 0) is 0 Å². The second-order valence-corrected chi connectivity index (χ2v) is 8.01. The highest BCUT2D eigenvalue weighted by molar-refractivity contribution is 9.11. The molecule has 0 aliphatic rings. The molecule has 2 aromatic heterocycles. The molecule has 0 aliphatic carbocycles. The fraction of sp³-hybridized carbons (Fsp3) is 0.111. The summed E-state index contributed by atoms with van der Waals surface area (Å²) >= 11 is 18.3. The number of hydrogen-bond acceptors (Lipinski definition) is 5. The minimum atomic E-state index is 0.168. The number of nitrogens with two attached hydrogens (primary N) is 1. The number of aryl methyl sites for hydroxylation is 2. The monoisotopic (exact) mass is 527 g/mol. The van der Waals surface area contributed by atoms with Gasteiger partial charge in [-0.1, -0.05) is 18.2 Å². The quantitative estimate of drug-likeness (QED) is 0.271. The van der Waals surface area contributed by atoms with E-state index >= 15 is 0 Å². The van der Waals surface area contributed by atoms with E-state index in [1.165, 1.54) is 0 Å². The Bertz CT molecular complexity index is 1160. The zero-order chi connectivity index (χ0) is 19.7. The Hall–Kier alpha value is -1.54. The third-order valence-corrected chi connectivity index (χ3v) is 6.21. The zero-order valence-corrected chi connectivity index (χ0v) is 18.9. The Morgan fingerprint density at radius 3 is 2.11 bits per heavy atom. The largest absolute Gasteiger partial charge is 0.383 e. The number of rotatable bonds is 0. The van der Waals surface area contributed by atoms with Gasteiger partial charge in [0.1, 0.15) is 5.82 Å². The maximum absolute atomic E-state index is 5.73. The lowest BCUT2D eigenvalue weighted by Crippen LogP contribution is -1.96. The maximum Gasteiger partial charge on any atom is 0.224 e. The smallest absolute Gasteiger partial charge is 0.224 e. The molecule has 4 rings (SSSR count). The van der Waals surface area contributed by atoms with Crippen LogP contribution in [0.25, 0.3) is 21.8 Å². The molecule has 9 heteroatoms. The van der Waals surface area contributed by atoms with Gasteiger partial charge in [-0.3, -0.25) is 0 Å². The molecule has 2 heterocycles. The van der Waals surface area contributed by atoms with Crippen LogP contribution in [0.15, 0.2) is 39.4 Å². The van der Waals surface area contributed by atoms with E-state index in [4.69, 9.17) is 28.9 Å². The predicted octanol–water partition coefficient (Wildman–Crippen LogP) is 6.29. The van der Waals surface area contributed by atoms with Crippen LogP contribution in [-0.4, -0.2) is 19.9 Å². The average molecular weight is 530 g/mol. The number of hydrogen-bond donors (Lipinski definition) is 1. The highest BCUT2D eigenvalue weighted by Gasteiger charge is 2.08. The zero-order valence-electron chi connectivity index (χ0n) is 14.3. The van der Waals surface area contributed by atoms with Crippen LogP contribution < -0.4 is 5.73 Å². The van der Waals surface area contributed by atoms with E-state index in [2.05, 4.69) is 51.8 Å². The molecule has 4 aromatic rings. The Balaban J connectivity index is 0.000000156. The molecule has 0 radical (unpaired) electrons. The third-order valence-electron chi connectivity index (χ3n) is 3.86. The number of benzene rings is 2. The van der Waals surface area contributed by atoms with Gasteiger partial charge < -0.3 is 5.73 Å². The van der Waals surface area contributed by atoms with Crippen molar-refractivity contribution in [3.63, 3.8) is 0 Å². The molecule has 0 spiro atoms. The third kappa shape index (κ3) is 4.32. The van der Waals surface area contributed by atoms with Crippen molar-refractivity contribution in [1.29, 1.82) is 0 Å². The topological polar surface area (TPSA) is 77.6 Å². The lowest BCUT2D eigenvalue weighted by Gasteiger charge is -2.05. The van der Waals surface area contributed by atoms with Gasteiger partial charge in [-0.2, -0.15) is 0 Å². The first-order valence-corrected chi connectivity index (χ1v) is 10.1. The lowest BCUT2D eigenvalue weighted by atomic mass is 10.1. The summed E-state index contributed by atoms with van der Waals surface area (Å²) in [6.45, 7) is 4.00. The SMILES string of the molecule is Cc1ccc2c(N)nc(Cl)nc2c1Br.Cc1ccc2cnc(Cl)nc2c1Br. The highest BCUT2D eigenvalue weighted by atomic mass is 79.9. The molecule has 5 nitrogen and oxygen atoms in total. The van der Waals surface area contributed by atoms with Crippen molar-refractivity contribution in [2.75, 3.05) is 5.73 Å². The number of halogens is 4. The first-order chi connectivity index (χ1) is 12.8. The van der Waals surface area contributed by atoms with Gasteiger partial charge in [-0.15, -0.1) is 0 Å². The number of anilines is 1. The molecule has 2 aromatic carbocycles. The predicted molar refractivity (Wildman–Crippen MR) is 118 cm³/mol. The lowest BCUT2D eigenvalue weighted by molar-refractivity contribution is 1.21. The van der Waals surface area contributed by atoms with Gasteiger partial charge in [-0.05, 0) is 86.1 Å². The van der Waals surface area contributed by atoms with Crippen molar-refractivity contribution in [2.24, 2.45) is 0 Å². The number of nitrogen functional groups attached to an aromatic ring is 1. The van der Waals surface area contributed by atoms with Gasteiger partial charge in [0.15, 0.2) is 0 Å². The molecule has 0 bridgehead atoms. The van der Waals surface area contributed by atoms with Crippen molar-refractivity contribution >= 4 is 82.7 Å². The van der Waals surface area contributed by atoms with Crippen molar-refractivity contribution < 1.29 is 0 Å². The van der Waals surface area contributed by atoms with Crippen molar-refractivity contribution in [2.45, 2.75) is 13.8 Å². The standard InChI is InChI=1S/C9H7BrClN3.C9H6BrClN2/c1-4-2-3-5-7(6(4)10)13-9(11)14-8(5)12;1-5-2-3-6-4-12-9(11)13-8(6)7(5)10/h2-3H,1H3,(H2,12,13,14);2-4H,1H3. The highest BCUT2D eigenvalue weighted by Crippen LogP contribution is 2.29. The summed E-state index contributed by atoms with van der Waals surface area (Å²) in [4.78, 5) is 16.1. The Labute approximate surface area is 182 Å². The molecule has 0 amide bonds. The number of fused-ring (bicyclic) bond motifs is 2. The van der Waals surface area contributed by atoms with E-state index < -0.39 is 0 Å². The second kappa shape index (κ2) is 8.22. The fourth-order valence-electron chi connectivity index (χ4n) is 2.40. The van der Waals surface area contributed by atoms with Crippen molar-refractivity contribution in [3.05, 3.63) is 61.1 Å². The summed E-state index contributed by atoms with van der Waals surface area (Å²) in [6.07, 6.45) is 1.72. The summed E-state index contributed by atoms with van der Waals surface area (Å²) in [5.74, 6) is 0.403. The van der Waals surface area contributed by atoms with E-state index in [1.54, 1.807) is 6.20 Å². The second-order valence-electron chi connectivity index (χ2n) is 5.74. The van der Waals surface area contributed by atoms with Gasteiger partial charge >= 0.3 is 0 Å². The molecule has 2 N–H and O–H groups in total. The van der Waals surface area contributed by atoms with Crippen molar-refractivity contribution in [1.82, 2.24) is 19.9 Å².